The molecule has 4 bridgehead atoms. The fourth-order valence-corrected chi connectivity index (χ4v) is 14.4. The first-order valence-corrected chi connectivity index (χ1v) is 27.7. The average molecular weight is 1030 g/mol. The van der Waals surface area contributed by atoms with E-state index in [0.29, 0.717) is 47.9 Å². The molecule has 0 spiro atoms. The van der Waals surface area contributed by atoms with E-state index in [1.807, 2.05) is 90.5 Å². The zero-order valence-corrected chi connectivity index (χ0v) is 43.9. The molecule has 4 heterocycles. The Morgan fingerprint density at radius 3 is 1.68 bits per heavy atom. The molecule has 1 aromatic heterocycles. The Morgan fingerprint density at radius 2 is 1.09 bits per heavy atom. The van der Waals surface area contributed by atoms with Crippen molar-refractivity contribution in [2.45, 2.75) is 132 Å². The van der Waals surface area contributed by atoms with E-state index in [0.717, 1.165) is 48.6 Å². The Labute approximate surface area is 450 Å². The second-order valence-electron chi connectivity index (χ2n) is 21.5. The number of aromatic nitrogens is 2. The molecule has 4 aliphatic carbocycles. The number of amides is 4. The van der Waals surface area contributed by atoms with E-state index >= 15 is 0 Å². The molecule has 7 aliphatic rings. The van der Waals surface area contributed by atoms with Crippen LogP contribution in [-0.4, -0.2) is 83.3 Å². The minimum absolute atomic E-state index is 0. The number of likely N-dealkylation sites (tertiary alicyclic amines) is 2. The SMILES string of the molecule is CC.COC(=O)N[C@H](C(=O)N1CCC[C@H]1c1ncc(-c2ccc(-c3ccc(-c4ccc5c(c4)NC([C@@H]4CCCN4C(=O)[C@@H](NC(=O)OC)c4ccccc4)N5)c4c3C3CCC4C3)c3c2C2CCC3C2)[nH]1)c1ccccc1.[HH].[HH].[HH].[HH]. The summed E-state index contributed by atoms with van der Waals surface area (Å²) < 4.78 is 9.86. The van der Waals surface area contributed by atoms with Gasteiger partial charge in [-0.1, -0.05) is 105 Å². The molecule has 9 atom stereocenters. The van der Waals surface area contributed by atoms with Gasteiger partial charge in [0, 0.05) is 24.4 Å². The van der Waals surface area contributed by atoms with E-state index in [1.165, 1.54) is 97.3 Å². The fourth-order valence-electron chi connectivity index (χ4n) is 14.4. The summed E-state index contributed by atoms with van der Waals surface area (Å²) in [6, 6.07) is 32.9. The highest BCUT2D eigenvalue weighted by molar-refractivity contribution is 5.90. The van der Waals surface area contributed by atoms with Gasteiger partial charge in [0.2, 0.25) is 5.91 Å². The van der Waals surface area contributed by atoms with Crippen LogP contribution in [0.15, 0.2) is 109 Å². The number of imidazole rings is 1. The van der Waals surface area contributed by atoms with Gasteiger partial charge in [0.1, 0.15) is 24.1 Å². The van der Waals surface area contributed by atoms with Crippen LogP contribution in [0.4, 0.5) is 21.0 Å². The molecule has 5 N–H and O–H groups in total. The van der Waals surface area contributed by atoms with Gasteiger partial charge in [0.25, 0.3) is 5.91 Å². The number of hydrogen-bond acceptors (Lipinski definition) is 9. The highest BCUT2D eigenvalue weighted by Crippen LogP contribution is 2.62. The minimum atomic E-state index is -0.876. The summed E-state index contributed by atoms with van der Waals surface area (Å²) in [4.78, 5) is 66.0. The van der Waals surface area contributed by atoms with Crippen LogP contribution in [0.2, 0.25) is 0 Å². The summed E-state index contributed by atoms with van der Waals surface area (Å²) in [5, 5.41) is 13.1. The third-order valence-corrected chi connectivity index (χ3v) is 17.7. The highest BCUT2D eigenvalue weighted by atomic mass is 16.5. The molecular weight excluding hydrogens is 953 g/mol. The maximum atomic E-state index is 14.3. The smallest absolute Gasteiger partial charge is 0.407 e. The predicted octanol–water partition coefficient (Wildman–Crippen LogP) is 13.2. The molecule has 2 saturated carbocycles. The zero-order valence-electron chi connectivity index (χ0n) is 43.9. The number of alkyl carbamates (subject to hydrolysis) is 2. The van der Waals surface area contributed by atoms with Crippen LogP contribution in [0.3, 0.4) is 0 Å². The standard InChI is InChI=1S/C60H62N8O6.C2H6.4H2/c1-73-59(71)65-53(33-11-5-3-6-12-33)57(69)67-27-9-15-47(67)55-61-32-46(64-55)43-25-24-42(51-38-19-20-39(30-38)52(43)51)41-23-22-40(49-36-17-18-37(29-36)50(41)49)35-21-26-44-45(31-35)63-56(62-44)48-16-10-28-68(48)58(70)54(66-60(72)74-2)34-13-7-4-8-14-34;1-2;;;;/h3-8,11-14,21-26,31-32,36-39,47-48,53-54,56,62-63H,9-10,15-20,27-30H2,1-2H3,(H,61,64)(H,65,71)(H,66,72);1-2H3;4*1H/t36?,37?,38?,39?,47-,48-,53-,54-,56?;;;;;/m0...../s1. The Hall–Kier alpha value is -7.61. The van der Waals surface area contributed by atoms with Gasteiger partial charge in [0.15, 0.2) is 0 Å². The van der Waals surface area contributed by atoms with Crippen LogP contribution < -0.4 is 21.3 Å². The van der Waals surface area contributed by atoms with Gasteiger partial charge in [-0.15, -0.1) is 0 Å². The topological polar surface area (TPSA) is 170 Å². The number of carbonyl (C=O) groups excluding carboxylic acids is 4. The van der Waals surface area contributed by atoms with Crippen molar-refractivity contribution in [3.63, 3.8) is 0 Å². The summed E-state index contributed by atoms with van der Waals surface area (Å²) in [6.07, 6.45) is 11.0. The number of H-pyrrole nitrogens is 1. The number of methoxy groups -OCH3 is 2. The molecule has 2 saturated heterocycles. The lowest BCUT2D eigenvalue weighted by molar-refractivity contribution is -0.135. The first kappa shape index (κ1) is 49.3. The van der Waals surface area contributed by atoms with Crippen LogP contribution in [0.25, 0.3) is 33.5 Å². The first-order chi connectivity index (χ1) is 37.2. The number of nitrogens with zero attached hydrogens (tertiary/aromatic N) is 3. The highest BCUT2D eigenvalue weighted by Gasteiger charge is 2.46. The number of rotatable bonds is 11. The summed E-state index contributed by atoms with van der Waals surface area (Å²) in [7, 11) is 2.62. The Balaban J connectivity index is 0.00000139. The molecule has 4 amide bonds. The number of fused-ring (bicyclic) bond motifs is 11. The van der Waals surface area contributed by atoms with Crippen molar-refractivity contribution in [1.82, 2.24) is 30.4 Å². The van der Waals surface area contributed by atoms with Crippen molar-refractivity contribution in [3.8, 4) is 33.5 Å². The number of nitrogens with one attached hydrogen (secondary N) is 5. The number of carbonyl (C=O) groups is 4. The van der Waals surface area contributed by atoms with E-state index in [-0.39, 0.29) is 35.8 Å². The molecule has 5 unspecified atom stereocenters. The molecule has 14 heteroatoms. The molecule has 5 aromatic carbocycles. The Bertz CT molecular complexity index is 3220. The number of anilines is 2. The molecule has 6 aromatic rings. The summed E-state index contributed by atoms with van der Waals surface area (Å²) in [6.45, 7) is 5.18. The van der Waals surface area contributed by atoms with Crippen LogP contribution in [-0.2, 0) is 19.1 Å². The minimum Gasteiger partial charge on any atom is -0.453 e. The normalized spacial score (nSPS) is 23.8. The lowest BCUT2D eigenvalue weighted by Crippen LogP contribution is -2.51. The molecule has 76 heavy (non-hydrogen) atoms. The van der Waals surface area contributed by atoms with Crippen LogP contribution in [0.1, 0.15) is 165 Å². The van der Waals surface area contributed by atoms with Crippen molar-refractivity contribution in [2.75, 3.05) is 37.9 Å². The lowest BCUT2D eigenvalue weighted by atomic mass is 9.77. The second-order valence-corrected chi connectivity index (χ2v) is 21.5. The number of benzene rings is 5. The van der Waals surface area contributed by atoms with Gasteiger partial charge in [-0.2, -0.15) is 0 Å². The van der Waals surface area contributed by atoms with Crippen molar-refractivity contribution < 1.29 is 34.4 Å². The summed E-state index contributed by atoms with van der Waals surface area (Å²) in [5.41, 5.74) is 17.0. The van der Waals surface area contributed by atoms with Crippen LogP contribution in [0.5, 0.6) is 0 Å². The number of ether oxygens (including phenoxy) is 2. The van der Waals surface area contributed by atoms with E-state index in [4.69, 9.17) is 14.5 Å². The second kappa shape index (κ2) is 20.5. The van der Waals surface area contributed by atoms with E-state index in [2.05, 4.69) is 68.7 Å². The van der Waals surface area contributed by atoms with Gasteiger partial charge in [-0.25, -0.2) is 14.6 Å². The predicted molar refractivity (Wildman–Crippen MR) is 302 cm³/mol. The monoisotopic (exact) mass is 1030 g/mol. The van der Waals surface area contributed by atoms with E-state index in [1.54, 1.807) is 5.56 Å². The van der Waals surface area contributed by atoms with E-state index in [9.17, 15) is 19.2 Å². The van der Waals surface area contributed by atoms with Gasteiger partial charge in [-0.05, 0) is 156 Å². The van der Waals surface area contributed by atoms with Gasteiger partial charge >= 0.3 is 12.2 Å². The van der Waals surface area contributed by atoms with Gasteiger partial charge < -0.3 is 45.5 Å². The largest absolute Gasteiger partial charge is 0.453 e. The molecule has 14 nitrogen and oxygen atoms in total. The lowest BCUT2D eigenvalue weighted by Gasteiger charge is -2.32. The third kappa shape index (κ3) is 8.53. The molecule has 400 valence electrons. The summed E-state index contributed by atoms with van der Waals surface area (Å²) >= 11 is 0. The van der Waals surface area contributed by atoms with Crippen molar-refractivity contribution >= 4 is 35.4 Å². The Morgan fingerprint density at radius 1 is 0.592 bits per heavy atom. The maximum absolute atomic E-state index is 14.3. The summed E-state index contributed by atoms with van der Waals surface area (Å²) in [5.74, 6) is 2.52. The number of aromatic amines is 1. The van der Waals surface area contributed by atoms with Gasteiger partial charge in [-0.3, -0.25) is 9.59 Å². The van der Waals surface area contributed by atoms with Crippen LogP contribution in [0, 0.1) is 0 Å². The third-order valence-electron chi connectivity index (χ3n) is 17.7. The first-order valence-electron chi connectivity index (χ1n) is 27.7. The molecule has 4 fully saturated rings. The van der Waals surface area contributed by atoms with Crippen molar-refractivity contribution in [1.29, 1.82) is 0 Å². The van der Waals surface area contributed by atoms with Crippen LogP contribution >= 0.6 is 0 Å². The van der Waals surface area contributed by atoms with E-state index < -0.39 is 24.3 Å². The Kier molecular flexibility index (Phi) is 13.3. The quantitative estimate of drug-likeness (QED) is 0.0847. The molecule has 13 rings (SSSR count). The molecule has 0 radical (unpaired) electrons. The molecular formula is C62H76N8O6. The van der Waals surface area contributed by atoms with Gasteiger partial charge in [0.05, 0.1) is 49.6 Å². The van der Waals surface area contributed by atoms with Crippen molar-refractivity contribution in [2.24, 2.45) is 0 Å². The maximum Gasteiger partial charge on any atom is 0.407 e. The van der Waals surface area contributed by atoms with Crippen molar-refractivity contribution in [3.05, 3.63) is 149 Å². The zero-order chi connectivity index (χ0) is 52.2. The molecule has 3 aliphatic heterocycles. The fraction of sp³-hybridized carbons (Fsp3) is 0.403. The number of hydrogen-bond donors (Lipinski definition) is 5. The average Bonchev–Trinajstić information content (AvgIpc) is 4.36.